The van der Waals surface area contributed by atoms with E-state index in [4.69, 9.17) is 0 Å². The molecule has 2 saturated carbocycles. The minimum Gasteiger partial charge on any atom is -0.389 e. The molecule has 2 aliphatic carbocycles. The topological polar surface area (TPSA) is 20.2 Å². The predicted octanol–water partition coefficient (Wildman–Crippen LogP) is 5.29. The summed E-state index contributed by atoms with van der Waals surface area (Å²) in [6.45, 7) is 2.31. The quantitative estimate of drug-likeness (QED) is 0.800. The van der Waals surface area contributed by atoms with Crippen molar-refractivity contribution in [3.05, 3.63) is 35.9 Å². The van der Waals surface area contributed by atoms with E-state index in [-0.39, 0.29) is 0 Å². The van der Waals surface area contributed by atoms with E-state index in [1.54, 1.807) is 0 Å². The number of hydrogen-bond acceptors (Lipinski definition) is 1. The maximum atomic E-state index is 11.7. The summed E-state index contributed by atoms with van der Waals surface area (Å²) in [6, 6.07) is 10.8. The maximum Gasteiger partial charge on any atom is 0.0746 e. The van der Waals surface area contributed by atoms with Crippen LogP contribution in [0.1, 0.15) is 76.2 Å². The van der Waals surface area contributed by atoms with Crippen LogP contribution in [0.5, 0.6) is 0 Å². The first-order valence-electron chi connectivity index (χ1n) is 9.03. The van der Waals surface area contributed by atoms with Gasteiger partial charge >= 0.3 is 0 Å². The zero-order valence-electron chi connectivity index (χ0n) is 13.4. The van der Waals surface area contributed by atoms with Crippen LogP contribution < -0.4 is 0 Å². The molecular weight excluding hydrogens is 256 g/mol. The van der Waals surface area contributed by atoms with Crippen molar-refractivity contribution in [2.75, 3.05) is 0 Å². The van der Waals surface area contributed by atoms with Crippen LogP contribution in [-0.4, -0.2) is 10.7 Å². The van der Waals surface area contributed by atoms with Crippen molar-refractivity contribution in [3.63, 3.8) is 0 Å². The summed E-state index contributed by atoms with van der Waals surface area (Å²) < 4.78 is 0. The van der Waals surface area contributed by atoms with Crippen LogP contribution in [0.3, 0.4) is 0 Å². The van der Waals surface area contributed by atoms with Gasteiger partial charge in [0.15, 0.2) is 0 Å². The second-order valence-electron chi connectivity index (χ2n) is 7.26. The number of hydrogen-bond donors (Lipinski definition) is 1. The zero-order chi connectivity index (χ0) is 14.7. The monoisotopic (exact) mass is 286 g/mol. The molecule has 116 valence electrons. The lowest BCUT2D eigenvalue weighted by Crippen LogP contribution is -2.49. The summed E-state index contributed by atoms with van der Waals surface area (Å²) >= 11 is 0. The van der Waals surface area contributed by atoms with Gasteiger partial charge in [-0.05, 0) is 36.7 Å². The van der Waals surface area contributed by atoms with Crippen LogP contribution in [0.15, 0.2) is 30.3 Å². The Morgan fingerprint density at radius 2 is 1.71 bits per heavy atom. The molecule has 2 fully saturated rings. The summed E-state index contributed by atoms with van der Waals surface area (Å²) in [4.78, 5) is 0. The Labute approximate surface area is 129 Å². The Kier molecular flexibility index (Phi) is 4.69. The molecule has 0 spiro atoms. The summed E-state index contributed by atoms with van der Waals surface area (Å²) in [5, 5.41) is 11.7. The van der Waals surface area contributed by atoms with E-state index in [9.17, 15) is 5.11 Å². The standard InChI is InChI=1S/C20H30O/c1-2-16-10-6-7-13-18(16)20(21)15-9-8-14-19(20)17-11-4-3-5-12-17/h3-5,11-12,16,18-19,21H,2,6-10,13-15H2,1H3. The SMILES string of the molecule is CCC1CCCCC1C1(O)CCCCC1c1ccccc1. The second kappa shape index (κ2) is 6.52. The van der Waals surface area contributed by atoms with E-state index in [1.165, 1.54) is 50.5 Å². The molecule has 2 aliphatic rings. The van der Waals surface area contributed by atoms with Gasteiger partial charge in [0.1, 0.15) is 0 Å². The molecule has 0 heterocycles. The van der Waals surface area contributed by atoms with Gasteiger partial charge in [-0.3, -0.25) is 0 Å². The number of rotatable bonds is 3. The van der Waals surface area contributed by atoms with Crippen LogP contribution in [-0.2, 0) is 0 Å². The van der Waals surface area contributed by atoms with E-state index < -0.39 is 5.60 Å². The maximum absolute atomic E-state index is 11.7. The lowest BCUT2D eigenvalue weighted by Gasteiger charge is -2.50. The molecule has 1 nitrogen and oxygen atoms in total. The molecule has 3 rings (SSSR count). The van der Waals surface area contributed by atoms with E-state index >= 15 is 0 Å². The minimum atomic E-state index is -0.458. The first kappa shape index (κ1) is 15.1. The molecule has 0 aromatic heterocycles. The molecule has 0 saturated heterocycles. The molecular formula is C20H30O. The van der Waals surface area contributed by atoms with Crippen molar-refractivity contribution in [1.82, 2.24) is 0 Å². The third-order valence-electron chi connectivity index (χ3n) is 6.20. The molecule has 0 radical (unpaired) electrons. The van der Waals surface area contributed by atoms with Crippen LogP contribution in [0.4, 0.5) is 0 Å². The van der Waals surface area contributed by atoms with Crippen LogP contribution in [0.2, 0.25) is 0 Å². The number of aliphatic hydroxyl groups is 1. The second-order valence-corrected chi connectivity index (χ2v) is 7.26. The average molecular weight is 286 g/mol. The van der Waals surface area contributed by atoms with Crippen LogP contribution in [0.25, 0.3) is 0 Å². The zero-order valence-corrected chi connectivity index (χ0v) is 13.4. The van der Waals surface area contributed by atoms with Crippen molar-refractivity contribution in [2.24, 2.45) is 11.8 Å². The smallest absolute Gasteiger partial charge is 0.0746 e. The highest BCUT2D eigenvalue weighted by molar-refractivity contribution is 5.24. The lowest BCUT2D eigenvalue weighted by atomic mass is 9.59. The molecule has 1 N–H and O–H groups in total. The van der Waals surface area contributed by atoms with Gasteiger partial charge in [0.2, 0.25) is 0 Å². The first-order chi connectivity index (χ1) is 10.3. The van der Waals surface area contributed by atoms with E-state index in [0.717, 1.165) is 18.8 Å². The summed E-state index contributed by atoms with van der Waals surface area (Å²) in [6.07, 6.45) is 11.1. The number of benzene rings is 1. The fourth-order valence-corrected chi connectivity index (χ4v) is 5.12. The third kappa shape index (κ3) is 2.90. The minimum absolute atomic E-state index is 0.351. The van der Waals surface area contributed by atoms with E-state index in [1.807, 2.05) is 0 Å². The molecule has 1 aromatic carbocycles. The van der Waals surface area contributed by atoms with Gasteiger partial charge in [0, 0.05) is 5.92 Å². The van der Waals surface area contributed by atoms with Crippen molar-refractivity contribution in [3.8, 4) is 0 Å². The molecule has 0 amide bonds. The Morgan fingerprint density at radius 3 is 2.48 bits per heavy atom. The van der Waals surface area contributed by atoms with Crippen molar-refractivity contribution < 1.29 is 5.11 Å². The summed E-state index contributed by atoms with van der Waals surface area (Å²) in [5.41, 5.74) is 0.904. The Bertz CT molecular complexity index is 440. The fraction of sp³-hybridized carbons (Fsp3) is 0.700. The first-order valence-corrected chi connectivity index (χ1v) is 9.03. The largest absolute Gasteiger partial charge is 0.389 e. The van der Waals surface area contributed by atoms with Gasteiger partial charge in [-0.1, -0.05) is 75.8 Å². The highest BCUT2D eigenvalue weighted by Crippen LogP contribution is 2.51. The van der Waals surface area contributed by atoms with E-state index in [0.29, 0.717) is 11.8 Å². The van der Waals surface area contributed by atoms with Crippen molar-refractivity contribution >= 4 is 0 Å². The molecule has 21 heavy (non-hydrogen) atoms. The van der Waals surface area contributed by atoms with Gasteiger partial charge in [0.25, 0.3) is 0 Å². The Balaban J connectivity index is 1.91. The molecule has 0 bridgehead atoms. The molecule has 0 aliphatic heterocycles. The molecule has 4 atom stereocenters. The van der Waals surface area contributed by atoms with Gasteiger partial charge in [-0.2, -0.15) is 0 Å². The highest BCUT2D eigenvalue weighted by Gasteiger charge is 2.48. The fourth-order valence-electron chi connectivity index (χ4n) is 5.12. The lowest BCUT2D eigenvalue weighted by molar-refractivity contribution is -0.0987. The molecule has 4 unspecified atom stereocenters. The van der Waals surface area contributed by atoms with Gasteiger partial charge in [-0.15, -0.1) is 0 Å². The normalized spacial score (nSPS) is 37.3. The summed E-state index contributed by atoms with van der Waals surface area (Å²) in [7, 11) is 0. The van der Waals surface area contributed by atoms with Crippen molar-refractivity contribution in [2.45, 2.75) is 76.2 Å². The van der Waals surface area contributed by atoms with Gasteiger partial charge in [-0.25, -0.2) is 0 Å². The molecule has 1 heteroatoms. The van der Waals surface area contributed by atoms with Gasteiger partial charge in [0.05, 0.1) is 5.60 Å². The van der Waals surface area contributed by atoms with Gasteiger partial charge < -0.3 is 5.11 Å². The Morgan fingerprint density at radius 1 is 1.00 bits per heavy atom. The predicted molar refractivity (Wildman–Crippen MR) is 88.3 cm³/mol. The molecule has 1 aromatic rings. The van der Waals surface area contributed by atoms with E-state index in [2.05, 4.69) is 37.3 Å². The third-order valence-corrected chi connectivity index (χ3v) is 6.20. The van der Waals surface area contributed by atoms with Crippen molar-refractivity contribution in [1.29, 1.82) is 0 Å². The summed E-state index contributed by atoms with van der Waals surface area (Å²) in [5.74, 6) is 1.60. The average Bonchev–Trinajstić information content (AvgIpc) is 2.56. The highest BCUT2D eigenvalue weighted by atomic mass is 16.3. The van der Waals surface area contributed by atoms with Crippen LogP contribution in [0, 0.1) is 11.8 Å². The Hall–Kier alpha value is -0.820. The van der Waals surface area contributed by atoms with Crippen LogP contribution >= 0.6 is 0 Å².